The van der Waals surface area contributed by atoms with E-state index in [1.54, 1.807) is 11.1 Å². The Labute approximate surface area is 148 Å². The van der Waals surface area contributed by atoms with Crippen molar-refractivity contribution in [2.45, 2.75) is 13.3 Å². The maximum Gasteiger partial charge on any atom is 0.279 e. The second-order valence-electron chi connectivity index (χ2n) is 6.15. The summed E-state index contributed by atoms with van der Waals surface area (Å²) in [4.78, 5) is 16.4. The quantitative estimate of drug-likeness (QED) is 0.622. The lowest BCUT2D eigenvalue weighted by atomic mass is 10.1. The van der Waals surface area contributed by atoms with Gasteiger partial charge in [0.2, 0.25) is 0 Å². The van der Waals surface area contributed by atoms with Crippen molar-refractivity contribution in [2.75, 3.05) is 30.4 Å². The minimum atomic E-state index is -0.0804. The number of para-hydroxylation sites is 1. The molecule has 5 heteroatoms. The molecule has 2 aromatic rings. The molecule has 1 aliphatic heterocycles. The van der Waals surface area contributed by atoms with E-state index in [0.29, 0.717) is 12.3 Å². The molecule has 3 rings (SSSR count). The fraction of sp³-hybridized carbons (Fsp3) is 0.250. The maximum absolute atomic E-state index is 12.6. The predicted octanol–water partition coefficient (Wildman–Crippen LogP) is 3.33. The number of rotatable bonds is 5. The highest BCUT2D eigenvalue weighted by atomic mass is 16.2. The molecule has 0 aromatic heterocycles. The van der Waals surface area contributed by atoms with Crippen molar-refractivity contribution >= 4 is 29.2 Å². The summed E-state index contributed by atoms with van der Waals surface area (Å²) in [6.07, 6.45) is 2.57. The van der Waals surface area contributed by atoms with Crippen LogP contribution in [0.5, 0.6) is 0 Å². The Morgan fingerprint density at radius 2 is 1.80 bits per heavy atom. The zero-order valence-corrected chi connectivity index (χ0v) is 14.8. The van der Waals surface area contributed by atoms with Crippen molar-refractivity contribution in [2.24, 2.45) is 10.2 Å². The van der Waals surface area contributed by atoms with Crippen LogP contribution in [-0.2, 0) is 4.79 Å². The van der Waals surface area contributed by atoms with E-state index in [9.17, 15) is 4.79 Å². The lowest BCUT2D eigenvalue weighted by molar-refractivity contribution is -0.112. The third-order valence-electron chi connectivity index (χ3n) is 4.12. The van der Waals surface area contributed by atoms with Gasteiger partial charge in [0.25, 0.3) is 5.91 Å². The van der Waals surface area contributed by atoms with E-state index in [2.05, 4.69) is 17.1 Å². The molecule has 128 valence electrons. The number of benzene rings is 2. The topological polar surface area (TPSA) is 48.3 Å². The van der Waals surface area contributed by atoms with Gasteiger partial charge in [-0.1, -0.05) is 37.3 Å². The number of fused-ring (bicyclic) bond motifs is 1. The number of anilines is 2. The van der Waals surface area contributed by atoms with Crippen LogP contribution in [0.25, 0.3) is 0 Å². The first-order valence-corrected chi connectivity index (χ1v) is 8.41. The van der Waals surface area contributed by atoms with Crippen LogP contribution < -0.4 is 9.80 Å². The van der Waals surface area contributed by atoms with E-state index in [0.717, 1.165) is 28.9 Å². The zero-order chi connectivity index (χ0) is 17.8. The molecule has 25 heavy (non-hydrogen) atoms. The largest absolute Gasteiger partial charge is 0.378 e. The van der Waals surface area contributed by atoms with E-state index in [-0.39, 0.29) is 5.91 Å². The van der Waals surface area contributed by atoms with Crippen molar-refractivity contribution in [1.29, 1.82) is 0 Å². The normalized spacial score (nSPS) is 15.2. The average Bonchev–Trinajstić information content (AvgIpc) is 2.88. The van der Waals surface area contributed by atoms with Crippen LogP contribution in [0.1, 0.15) is 24.5 Å². The predicted molar refractivity (Wildman–Crippen MR) is 104 cm³/mol. The molecule has 0 spiro atoms. The highest BCUT2D eigenvalue weighted by molar-refractivity contribution is 6.54. The lowest BCUT2D eigenvalue weighted by Crippen LogP contribution is -2.30. The molecule has 0 N–H and O–H groups in total. The molecule has 0 radical (unpaired) electrons. The van der Waals surface area contributed by atoms with Gasteiger partial charge < -0.3 is 9.80 Å². The summed E-state index contributed by atoms with van der Waals surface area (Å²) in [6, 6.07) is 15.7. The first kappa shape index (κ1) is 16.9. The summed E-state index contributed by atoms with van der Waals surface area (Å²) < 4.78 is 0. The molecule has 0 aliphatic carbocycles. The minimum absolute atomic E-state index is 0.0804. The second-order valence-corrected chi connectivity index (χ2v) is 6.15. The molecule has 0 saturated carbocycles. The molecule has 0 fully saturated rings. The Kier molecular flexibility index (Phi) is 4.93. The van der Waals surface area contributed by atoms with Crippen molar-refractivity contribution in [1.82, 2.24) is 0 Å². The smallest absolute Gasteiger partial charge is 0.279 e. The molecule has 1 heterocycles. The van der Waals surface area contributed by atoms with E-state index in [1.165, 1.54) is 0 Å². The Balaban J connectivity index is 1.84. The van der Waals surface area contributed by atoms with Crippen molar-refractivity contribution in [3.8, 4) is 0 Å². The molecule has 0 unspecified atom stereocenters. The molecular weight excluding hydrogens is 312 g/mol. The van der Waals surface area contributed by atoms with Crippen LogP contribution in [0.2, 0.25) is 0 Å². The molecule has 5 nitrogen and oxygen atoms in total. The van der Waals surface area contributed by atoms with Gasteiger partial charge in [-0.2, -0.15) is 5.10 Å². The van der Waals surface area contributed by atoms with Gasteiger partial charge in [0.1, 0.15) is 0 Å². The van der Waals surface area contributed by atoms with E-state index < -0.39 is 0 Å². The van der Waals surface area contributed by atoms with E-state index in [1.807, 2.05) is 67.5 Å². The fourth-order valence-corrected chi connectivity index (χ4v) is 2.82. The number of hydrogen-bond donors (Lipinski definition) is 0. The summed E-state index contributed by atoms with van der Waals surface area (Å²) in [5.74, 6) is -0.0804. The number of carbonyl (C=O) groups excluding carboxylic acids is 1. The van der Waals surface area contributed by atoms with Gasteiger partial charge in [0, 0.05) is 31.9 Å². The van der Waals surface area contributed by atoms with Crippen molar-refractivity contribution < 1.29 is 4.79 Å². The zero-order valence-electron chi connectivity index (χ0n) is 14.8. The first-order chi connectivity index (χ1) is 12.1. The van der Waals surface area contributed by atoms with Crippen LogP contribution >= 0.6 is 0 Å². The van der Waals surface area contributed by atoms with Crippen LogP contribution in [0.15, 0.2) is 58.7 Å². The van der Waals surface area contributed by atoms with E-state index in [4.69, 9.17) is 0 Å². The number of carbonyl (C=O) groups is 1. The Morgan fingerprint density at radius 3 is 2.48 bits per heavy atom. The summed E-state index contributed by atoms with van der Waals surface area (Å²) in [6.45, 7) is 2.74. The molecule has 0 atom stereocenters. The standard InChI is InChI=1S/C20H22N4O/c1-4-13-24-18-8-6-5-7-17(18)19(20(24)25)22-21-14-15-9-11-16(12-10-15)23(2)3/h5-12,14H,4,13H2,1-3H3/b21-14-,22-19+. The highest BCUT2D eigenvalue weighted by Crippen LogP contribution is 2.29. The van der Waals surface area contributed by atoms with Gasteiger partial charge in [-0.25, -0.2) is 0 Å². The van der Waals surface area contributed by atoms with Crippen LogP contribution in [0.4, 0.5) is 11.4 Å². The summed E-state index contributed by atoms with van der Waals surface area (Å²) >= 11 is 0. The van der Waals surface area contributed by atoms with Gasteiger partial charge in [-0.15, -0.1) is 5.10 Å². The SMILES string of the molecule is CCCN1C(=O)/C(=N/N=C\c2ccc(N(C)C)cc2)c2ccccc21. The van der Waals surface area contributed by atoms with Gasteiger partial charge in [-0.05, 0) is 30.2 Å². The summed E-state index contributed by atoms with van der Waals surface area (Å²) in [5, 5.41) is 8.36. The van der Waals surface area contributed by atoms with Gasteiger partial charge in [-0.3, -0.25) is 4.79 Å². The molecule has 1 aliphatic rings. The Bertz CT molecular complexity index is 822. The van der Waals surface area contributed by atoms with Crippen molar-refractivity contribution in [3.05, 3.63) is 59.7 Å². The van der Waals surface area contributed by atoms with Gasteiger partial charge >= 0.3 is 0 Å². The summed E-state index contributed by atoms with van der Waals surface area (Å²) in [5.41, 5.74) is 4.24. The highest BCUT2D eigenvalue weighted by Gasteiger charge is 2.33. The second kappa shape index (κ2) is 7.30. The van der Waals surface area contributed by atoms with E-state index >= 15 is 0 Å². The molecule has 1 amide bonds. The maximum atomic E-state index is 12.6. The third kappa shape index (κ3) is 3.45. The molecule has 0 saturated heterocycles. The van der Waals surface area contributed by atoms with Crippen LogP contribution in [0.3, 0.4) is 0 Å². The summed E-state index contributed by atoms with van der Waals surface area (Å²) in [7, 11) is 4.00. The van der Waals surface area contributed by atoms with Gasteiger partial charge in [0.15, 0.2) is 5.71 Å². The monoisotopic (exact) mass is 334 g/mol. The lowest BCUT2D eigenvalue weighted by Gasteiger charge is -2.14. The molecule has 2 aromatic carbocycles. The average molecular weight is 334 g/mol. The fourth-order valence-electron chi connectivity index (χ4n) is 2.82. The Morgan fingerprint density at radius 1 is 1.08 bits per heavy atom. The first-order valence-electron chi connectivity index (χ1n) is 8.41. The molecular formula is C20H22N4O. The Hall–Kier alpha value is -2.95. The number of amides is 1. The third-order valence-corrected chi connectivity index (χ3v) is 4.12. The minimum Gasteiger partial charge on any atom is -0.378 e. The van der Waals surface area contributed by atoms with Crippen LogP contribution in [0, 0.1) is 0 Å². The van der Waals surface area contributed by atoms with Gasteiger partial charge in [0.05, 0.1) is 11.9 Å². The van der Waals surface area contributed by atoms with Crippen LogP contribution in [-0.4, -0.2) is 38.5 Å². The van der Waals surface area contributed by atoms with Crippen molar-refractivity contribution in [3.63, 3.8) is 0 Å². The number of nitrogens with zero attached hydrogens (tertiary/aromatic N) is 4. The molecule has 0 bridgehead atoms. The number of hydrogen-bond acceptors (Lipinski definition) is 4.